The molecule has 0 saturated carbocycles. The molecule has 6 nitrogen and oxygen atoms in total. The molecule has 2 rings (SSSR count). The molecule has 0 aliphatic rings. The SMILES string of the molecule is Cn1cnc(C(=O)Nc2ccc(C#N)cn2)c1. The average molecular weight is 227 g/mol. The van der Waals surface area contributed by atoms with Crippen molar-refractivity contribution in [2.75, 3.05) is 5.32 Å². The molecule has 2 aromatic heterocycles. The minimum absolute atomic E-state index is 0.318. The summed E-state index contributed by atoms with van der Waals surface area (Å²) in [6.07, 6.45) is 4.55. The summed E-state index contributed by atoms with van der Waals surface area (Å²) in [5, 5.41) is 11.2. The molecule has 0 unspecified atom stereocenters. The van der Waals surface area contributed by atoms with Gasteiger partial charge in [0.25, 0.3) is 5.91 Å². The fourth-order valence-corrected chi connectivity index (χ4v) is 1.24. The number of aromatic nitrogens is 3. The molecule has 0 aromatic carbocycles. The first-order chi connectivity index (χ1) is 8.19. The lowest BCUT2D eigenvalue weighted by Gasteiger charge is -2.01. The summed E-state index contributed by atoms with van der Waals surface area (Å²) in [5.74, 6) is 0.0578. The van der Waals surface area contributed by atoms with Gasteiger partial charge in [-0.3, -0.25) is 4.79 Å². The first-order valence-corrected chi connectivity index (χ1v) is 4.84. The average Bonchev–Trinajstić information content (AvgIpc) is 2.77. The van der Waals surface area contributed by atoms with Crippen molar-refractivity contribution in [3.8, 4) is 6.07 Å². The standard InChI is InChI=1S/C11H9N5O/c1-16-6-9(14-7-16)11(17)15-10-3-2-8(4-12)5-13-10/h2-3,5-7H,1H3,(H,13,15,17). The minimum atomic E-state index is -0.331. The molecule has 17 heavy (non-hydrogen) atoms. The van der Waals surface area contributed by atoms with E-state index in [0.717, 1.165) is 0 Å². The van der Waals surface area contributed by atoms with Crippen LogP contribution in [0.4, 0.5) is 5.82 Å². The second-order valence-corrected chi connectivity index (χ2v) is 3.42. The van der Waals surface area contributed by atoms with Crippen molar-refractivity contribution in [1.82, 2.24) is 14.5 Å². The van der Waals surface area contributed by atoms with Crippen LogP contribution in [-0.4, -0.2) is 20.4 Å². The third kappa shape index (κ3) is 2.46. The van der Waals surface area contributed by atoms with Gasteiger partial charge in [0.15, 0.2) is 0 Å². The van der Waals surface area contributed by atoms with Crippen LogP contribution in [0.15, 0.2) is 30.9 Å². The number of hydrogen-bond donors (Lipinski definition) is 1. The highest BCUT2D eigenvalue weighted by Crippen LogP contribution is 2.06. The third-order valence-corrected chi connectivity index (χ3v) is 2.07. The second kappa shape index (κ2) is 4.45. The van der Waals surface area contributed by atoms with E-state index in [2.05, 4.69) is 15.3 Å². The van der Waals surface area contributed by atoms with Crippen molar-refractivity contribution < 1.29 is 4.79 Å². The highest BCUT2D eigenvalue weighted by molar-refractivity contribution is 6.02. The number of carbonyl (C=O) groups is 1. The van der Waals surface area contributed by atoms with Gasteiger partial charge in [0, 0.05) is 19.4 Å². The predicted octanol–water partition coefficient (Wildman–Crippen LogP) is 0.939. The van der Waals surface area contributed by atoms with Gasteiger partial charge in [0.05, 0.1) is 11.9 Å². The zero-order chi connectivity index (χ0) is 12.3. The number of aryl methyl sites for hydroxylation is 1. The third-order valence-electron chi connectivity index (χ3n) is 2.07. The van der Waals surface area contributed by atoms with Crippen molar-refractivity contribution in [2.24, 2.45) is 7.05 Å². The quantitative estimate of drug-likeness (QED) is 0.827. The van der Waals surface area contributed by atoms with Gasteiger partial charge < -0.3 is 9.88 Å². The molecule has 1 N–H and O–H groups in total. The Bertz CT molecular complexity index is 579. The Kier molecular flexibility index (Phi) is 2.83. The number of pyridine rings is 1. The minimum Gasteiger partial charge on any atom is -0.340 e. The first kappa shape index (κ1) is 10.8. The Morgan fingerprint density at radius 3 is 2.82 bits per heavy atom. The Morgan fingerprint density at radius 2 is 2.29 bits per heavy atom. The first-order valence-electron chi connectivity index (χ1n) is 4.84. The number of nitrogens with one attached hydrogen (secondary N) is 1. The van der Waals surface area contributed by atoms with Gasteiger partial charge in [-0.05, 0) is 12.1 Å². The van der Waals surface area contributed by atoms with Gasteiger partial charge in [0.2, 0.25) is 0 Å². The molecule has 0 aliphatic carbocycles. The van der Waals surface area contributed by atoms with E-state index in [4.69, 9.17) is 5.26 Å². The van der Waals surface area contributed by atoms with E-state index in [9.17, 15) is 4.79 Å². The van der Waals surface area contributed by atoms with Crippen LogP contribution < -0.4 is 5.32 Å². The summed E-state index contributed by atoms with van der Waals surface area (Å²) in [7, 11) is 1.78. The van der Waals surface area contributed by atoms with E-state index in [1.165, 1.54) is 6.20 Å². The lowest BCUT2D eigenvalue weighted by atomic mass is 10.3. The topological polar surface area (TPSA) is 83.6 Å². The molecule has 2 aromatic rings. The predicted molar refractivity (Wildman–Crippen MR) is 60.1 cm³/mol. The molecule has 0 bridgehead atoms. The van der Waals surface area contributed by atoms with Gasteiger partial charge in [-0.15, -0.1) is 0 Å². The van der Waals surface area contributed by atoms with Gasteiger partial charge in [0.1, 0.15) is 17.6 Å². The number of carbonyl (C=O) groups excluding carboxylic acids is 1. The maximum absolute atomic E-state index is 11.7. The van der Waals surface area contributed by atoms with Crippen LogP contribution >= 0.6 is 0 Å². The van der Waals surface area contributed by atoms with E-state index in [1.807, 2.05) is 6.07 Å². The molecular weight excluding hydrogens is 218 g/mol. The Morgan fingerprint density at radius 1 is 1.47 bits per heavy atom. The molecule has 0 spiro atoms. The van der Waals surface area contributed by atoms with Gasteiger partial charge >= 0.3 is 0 Å². The monoisotopic (exact) mass is 227 g/mol. The normalized spacial score (nSPS) is 9.65. The fourth-order valence-electron chi connectivity index (χ4n) is 1.24. The Hall–Kier alpha value is -2.68. The van der Waals surface area contributed by atoms with Crippen molar-refractivity contribution in [3.63, 3.8) is 0 Å². The largest absolute Gasteiger partial charge is 0.340 e. The lowest BCUT2D eigenvalue weighted by Crippen LogP contribution is -2.13. The highest BCUT2D eigenvalue weighted by Gasteiger charge is 2.09. The summed E-state index contributed by atoms with van der Waals surface area (Å²) >= 11 is 0. The van der Waals surface area contributed by atoms with Crippen LogP contribution in [0.1, 0.15) is 16.1 Å². The number of imidazole rings is 1. The molecular formula is C11H9N5O. The smallest absolute Gasteiger partial charge is 0.276 e. The molecule has 6 heteroatoms. The number of amides is 1. The van der Waals surface area contributed by atoms with Gasteiger partial charge in [-0.1, -0.05) is 0 Å². The van der Waals surface area contributed by atoms with Crippen LogP contribution in [0.3, 0.4) is 0 Å². The summed E-state index contributed by atoms with van der Waals surface area (Å²) in [5.41, 5.74) is 0.763. The van der Waals surface area contributed by atoms with E-state index in [1.54, 1.807) is 36.3 Å². The number of rotatable bonds is 2. The summed E-state index contributed by atoms with van der Waals surface area (Å²) in [6, 6.07) is 5.10. The van der Waals surface area contributed by atoms with E-state index >= 15 is 0 Å². The van der Waals surface area contributed by atoms with Crippen LogP contribution in [0, 0.1) is 11.3 Å². The molecule has 0 atom stereocenters. The van der Waals surface area contributed by atoms with Crippen molar-refractivity contribution in [1.29, 1.82) is 5.26 Å². The zero-order valence-electron chi connectivity index (χ0n) is 9.08. The molecule has 2 heterocycles. The Labute approximate surface area is 97.5 Å². The molecule has 0 radical (unpaired) electrons. The zero-order valence-corrected chi connectivity index (χ0v) is 9.08. The number of hydrogen-bond acceptors (Lipinski definition) is 4. The molecule has 0 aliphatic heterocycles. The van der Waals surface area contributed by atoms with E-state index < -0.39 is 0 Å². The van der Waals surface area contributed by atoms with Gasteiger partial charge in [-0.25, -0.2) is 9.97 Å². The number of nitrogens with zero attached hydrogens (tertiary/aromatic N) is 4. The van der Waals surface area contributed by atoms with Crippen LogP contribution in [0.2, 0.25) is 0 Å². The molecule has 84 valence electrons. The number of anilines is 1. The number of nitriles is 1. The molecule has 0 fully saturated rings. The molecule has 1 amide bonds. The summed E-state index contributed by atoms with van der Waals surface area (Å²) in [6.45, 7) is 0. The maximum atomic E-state index is 11.7. The van der Waals surface area contributed by atoms with Crippen LogP contribution in [-0.2, 0) is 7.05 Å². The van der Waals surface area contributed by atoms with E-state index in [-0.39, 0.29) is 5.91 Å². The highest BCUT2D eigenvalue weighted by atomic mass is 16.1. The molecule has 0 saturated heterocycles. The van der Waals surface area contributed by atoms with Gasteiger partial charge in [-0.2, -0.15) is 5.26 Å². The van der Waals surface area contributed by atoms with Crippen molar-refractivity contribution >= 4 is 11.7 Å². The second-order valence-electron chi connectivity index (χ2n) is 3.42. The van der Waals surface area contributed by atoms with Crippen molar-refractivity contribution in [3.05, 3.63) is 42.1 Å². The van der Waals surface area contributed by atoms with Crippen LogP contribution in [0.5, 0.6) is 0 Å². The lowest BCUT2D eigenvalue weighted by molar-refractivity contribution is 0.102. The van der Waals surface area contributed by atoms with E-state index in [0.29, 0.717) is 17.1 Å². The Balaban J connectivity index is 2.11. The fraction of sp³-hybridized carbons (Fsp3) is 0.0909. The summed E-state index contributed by atoms with van der Waals surface area (Å²) < 4.78 is 1.68. The maximum Gasteiger partial charge on any atom is 0.276 e. The van der Waals surface area contributed by atoms with Crippen molar-refractivity contribution in [2.45, 2.75) is 0 Å². The summed E-state index contributed by atoms with van der Waals surface area (Å²) in [4.78, 5) is 19.5. The van der Waals surface area contributed by atoms with Crippen LogP contribution in [0.25, 0.3) is 0 Å².